The normalized spacial score (nSPS) is 19.4. The molecule has 9 heteroatoms. The van der Waals surface area contributed by atoms with Crippen molar-refractivity contribution in [2.75, 3.05) is 6.54 Å². The minimum absolute atomic E-state index is 0.0593. The molecule has 6 nitrogen and oxygen atoms in total. The first-order valence-electron chi connectivity index (χ1n) is 9.38. The fraction of sp³-hybridized carbons (Fsp3) is 0.450. The van der Waals surface area contributed by atoms with Crippen molar-refractivity contribution in [1.82, 2.24) is 14.7 Å². The van der Waals surface area contributed by atoms with Gasteiger partial charge in [-0.2, -0.15) is 5.10 Å². The van der Waals surface area contributed by atoms with Crippen LogP contribution in [0.1, 0.15) is 42.2 Å². The molecule has 2 heterocycles. The van der Waals surface area contributed by atoms with E-state index in [2.05, 4.69) is 5.10 Å². The van der Waals surface area contributed by atoms with Crippen molar-refractivity contribution >= 4 is 23.4 Å². The predicted octanol–water partition coefficient (Wildman–Crippen LogP) is 3.47. The number of hydrogen-bond acceptors (Lipinski definition) is 3. The number of halogens is 3. The van der Waals surface area contributed by atoms with Gasteiger partial charge in [-0.1, -0.05) is 30.7 Å². The minimum atomic E-state index is -2.68. The number of primary amides is 1. The zero-order chi connectivity index (χ0) is 21.0. The summed E-state index contributed by atoms with van der Waals surface area (Å²) < 4.78 is 28.2. The Bertz CT molecular complexity index is 996. The molecule has 0 atom stereocenters. The van der Waals surface area contributed by atoms with Gasteiger partial charge in [-0.15, -0.1) is 0 Å². The van der Waals surface area contributed by atoms with Crippen LogP contribution >= 0.6 is 11.6 Å². The first-order valence-corrected chi connectivity index (χ1v) is 9.76. The number of alkyl halides is 2. The van der Waals surface area contributed by atoms with Gasteiger partial charge < -0.3 is 10.6 Å². The minimum Gasteiger partial charge on any atom is -0.365 e. The summed E-state index contributed by atoms with van der Waals surface area (Å²) in [4.78, 5) is 26.5. The number of hydrogen-bond donors (Lipinski definition) is 1. The lowest BCUT2D eigenvalue weighted by molar-refractivity contribution is -0.166. The molecule has 2 aromatic rings. The number of aromatic nitrogens is 2. The quantitative estimate of drug-likeness (QED) is 0.819. The van der Waals surface area contributed by atoms with Gasteiger partial charge in [0.15, 0.2) is 0 Å². The Hall–Kier alpha value is -2.48. The Morgan fingerprint density at radius 1 is 1.28 bits per heavy atom. The third-order valence-electron chi connectivity index (χ3n) is 5.63. The van der Waals surface area contributed by atoms with Gasteiger partial charge in [-0.25, -0.2) is 8.78 Å². The van der Waals surface area contributed by atoms with Crippen LogP contribution in [-0.4, -0.2) is 39.0 Å². The lowest BCUT2D eigenvalue weighted by Crippen LogP contribution is -2.48. The molecular formula is C20H21ClF2N4O2. The van der Waals surface area contributed by atoms with Crippen LogP contribution in [0.15, 0.2) is 24.3 Å². The van der Waals surface area contributed by atoms with E-state index >= 15 is 0 Å². The van der Waals surface area contributed by atoms with Crippen LogP contribution in [0.4, 0.5) is 8.78 Å². The molecule has 1 aliphatic heterocycles. The van der Waals surface area contributed by atoms with E-state index in [1.54, 1.807) is 40.8 Å². The van der Waals surface area contributed by atoms with E-state index in [-0.39, 0.29) is 37.3 Å². The average Bonchev–Trinajstić information content (AvgIpc) is 2.98. The highest BCUT2D eigenvalue weighted by atomic mass is 35.5. The van der Waals surface area contributed by atoms with Crippen LogP contribution < -0.4 is 5.73 Å². The average molecular weight is 423 g/mol. The Morgan fingerprint density at radius 2 is 2.00 bits per heavy atom. The summed E-state index contributed by atoms with van der Waals surface area (Å²) in [7, 11) is 0. The lowest BCUT2D eigenvalue weighted by Gasteiger charge is -2.45. The summed E-state index contributed by atoms with van der Waals surface area (Å²) >= 11 is 6.06. The summed E-state index contributed by atoms with van der Waals surface area (Å²) in [6.45, 7) is 2.67. The van der Waals surface area contributed by atoms with E-state index in [9.17, 15) is 18.4 Å². The molecule has 1 aliphatic carbocycles. The molecule has 0 bridgehead atoms. The maximum atomic E-state index is 13.3. The van der Waals surface area contributed by atoms with Gasteiger partial charge in [0.25, 0.3) is 5.91 Å². The van der Waals surface area contributed by atoms with Crippen molar-refractivity contribution in [2.24, 2.45) is 11.1 Å². The van der Waals surface area contributed by atoms with E-state index in [0.29, 0.717) is 35.1 Å². The van der Waals surface area contributed by atoms with E-state index in [1.807, 2.05) is 0 Å². The first-order chi connectivity index (χ1) is 13.6. The Balaban J connectivity index is 1.59. The van der Waals surface area contributed by atoms with Gasteiger partial charge in [-0.3, -0.25) is 14.3 Å². The zero-order valence-electron chi connectivity index (χ0n) is 15.9. The molecule has 1 aromatic heterocycles. The number of benzene rings is 1. The number of fused-ring (bicyclic) bond motifs is 1. The highest BCUT2D eigenvalue weighted by Crippen LogP contribution is 2.53. The second-order valence-electron chi connectivity index (χ2n) is 8.28. The molecule has 2 aliphatic rings. The smallest absolute Gasteiger partial charge is 0.252 e. The SMILES string of the molecule is CC1(CC(=O)N2CCn3nc(-c4cccc(Cl)c4)c(C(N)=O)c3C2)CC(F)(F)C1. The number of carbonyl (C=O) groups is 2. The molecule has 2 N–H and O–H groups in total. The molecular weight excluding hydrogens is 402 g/mol. The van der Waals surface area contributed by atoms with Crippen LogP contribution in [0.2, 0.25) is 5.02 Å². The summed E-state index contributed by atoms with van der Waals surface area (Å²) in [6, 6.07) is 6.96. The van der Waals surface area contributed by atoms with Gasteiger partial charge in [0, 0.05) is 36.4 Å². The third-order valence-corrected chi connectivity index (χ3v) is 5.86. The largest absolute Gasteiger partial charge is 0.365 e. The van der Waals surface area contributed by atoms with Gasteiger partial charge in [0.05, 0.1) is 24.3 Å². The van der Waals surface area contributed by atoms with E-state index in [1.165, 1.54) is 0 Å². The van der Waals surface area contributed by atoms with Crippen molar-refractivity contribution in [2.45, 2.75) is 45.2 Å². The Morgan fingerprint density at radius 3 is 2.62 bits per heavy atom. The van der Waals surface area contributed by atoms with Gasteiger partial charge in [0.1, 0.15) is 5.69 Å². The van der Waals surface area contributed by atoms with Gasteiger partial charge in [-0.05, 0) is 17.5 Å². The molecule has 2 amide bonds. The van der Waals surface area contributed by atoms with E-state index in [0.717, 1.165) is 0 Å². The number of nitrogens with zero attached hydrogens (tertiary/aromatic N) is 3. The molecule has 0 saturated heterocycles. The maximum Gasteiger partial charge on any atom is 0.252 e. The zero-order valence-corrected chi connectivity index (χ0v) is 16.7. The van der Waals surface area contributed by atoms with Crippen LogP contribution in [0.5, 0.6) is 0 Å². The number of rotatable bonds is 4. The molecule has 1 fully saturated rings. The molecule has 154 valence electrons. The summed E-state index contributed by atoms with van der Waals surface area (Å²) in [5.74, 6) is -3.52. The number of nitrogens with two attached hydrogens (primary N) is 1. The molecule has 1 saturated carbocycles. The molecule has 4 rings (SSSR count). The number of carbonyl (C=O) groups excluding carboxylic acids is 2. The summed E-state index contributed by atoms with van der Waals surface area (Å²) in [5.41, 5.74) is 6.84. The molecule has 29 heavy (non-hydrogen) atoms. The van der Waals surface area contributed by atoms with Crippen molar-refractivity contribution < 1.29 is 18.4 Å². The second-order valence-corrected chi connectivity index (χ2v) is 8.72. The maximum absolute atomic E-state index is 13.3. The molecule has 0 spiro atoms. The molecule has 0 unspecified atom stereocenters. The number of amides is 2. The summed E-state index contributed by atoms with van der Waals surface area (Å²) in [5, 5.41) is 5.02. The third kappa shape index (κ3) is 3.73. The van der Waals surface area contributed by atoms with E-state index < -0.39 is 17.2 Å². The van der Waals surface area contributed by atoms with Crippen LogP contribution in [0.3, 0.4) is 0 Å². The van der Waals surface area contributed by atoms with Gasteiger partial charge >= 0.3 is 0 Å². The lowest BCUT2D eigenvalue weighted by atomic mass is 9.65. The van der Waals surface area contributed by atoms with Crippen LogP contribution in [-0.2, 0) is 17.9 Å². The highest BCUT2D eigenvalue weighted by molar-refractivity contribution is 6.30. The van der Waals surface area contributed by atoms with Crippen molar-refractivity contribution in [1.29, 1.82) is 0 Å². The first kappa shape index (κ1) is 19.8. The predicted molar refractivity (Wildman–Crippen MR) is 104 cm³/mol. The fourth-order valence-corrected chi connectivity index (χ4v) is 4.62. The van der Waals surface area contributed by atoms with Crippen LogP contribution in [0.25, 0.3) is 11.3 Å². The van der Waals surface area contributed by atoms with Gasteiger partial charge in [0.2, 0.25) is 11.8 Å². The fourth-order valence-electron chi connectivity index (χ4n) is 4.43. The molecule has 0 radical (unpaired) electrons. The second kappa shape index (κ2) is 6.79. The Labute approximate surface area is 171 Å². The Kier molecular flexibility index (Phi) is 4.64. The topological polar surface area (TPSA) is 81.2 Å². The van der Waals surface area contributed by atoms with Crippen molar-refractivity contribution in [3.63, 3.8) is 0 Å². The molecule has 1 aromatic carbocycles. The van der Waals surface area contributed by atoms with E-state index in [4.69, 9.17) is 17.3 Å². The monoisotopic (exact) mass is 422 g/mol. The highest BCUT2D eigenvalue weighted by Gasteiger charge is 2.54. The van der Waals surface area contributed by atoms with Crippen LogP contribution in [0, 0.1) is 5.41 Å². The van der Waals surface area contributed by atoms with Crippen molar-refractivity contribution in [3.8, 4) is 11.3 Å². The standard InChI is InChI=1S/C20H21ClF2N4O2/c1-19(10-20(22,23)11-19)8-15(28)26-5-6-27-14(9-26)16(18(24)29)17(25-27)12-3-2-4-13(21)7-12/h2-4,7H,5-6,8-11H2,1H3,(H2,24,29). The van der Waals surface area contributed by atoms with Crippen molar-refractivity contribution in [3.05, 3.63) is 40.5 Å². The summed E-state index contributed by atoms with van der Waals surface area (Å²) in [6.07, 6.45) is -0.490.